The average Bonchev–Trinajstić information content (AvgIpc) is 2.54. The Morgan fingerprint density at radius 3 is 2.81 bits per heavy atom. The standard InChI is InChI=1S/C13H14N4O3S/c1-18-11-12(17-14)15-7-16-13(11)21-8-2-3-9-10(6-8)20-5-4-19-9/h2-3,6-7H,4-5,14H2,1H3,(H,15,16,17). The number of methoxy groups -OCH3 is 1. The van der Waals surface area contributed by atoms with Gasteiger partial charge in [0.2, 0.25) is 0 Å². The van der Waals surface area contributed by atoms with E-state index in [1.807, 2.05) is 18.2 Å². The zero-order chi connectivity index (χ0) is 14.7. The predicted octanol–water partition coefficient (Wildman–Crippen LogP) is 1.69. The Labute approximate surface area is 125 Å². The van der Waals surface area contributed by atoms with Crippen LogP contribution in [0.2, 0.25) is 0 Å². The highest BCUT2D eigenvalue weighted by Crippen LogP contribution is 2.40. The molecule has 0 amide bonds. The highest BCUT2D eigenvalue weighted by Gasteiger charge is 2.16. The molecule has 0 saturated heterocycles. The molecule has 7 nitrogen and oxygen atoms in total. The van der Waals surface area contributed by atoms with Crippen LogP contribution in [0.25, 0.3) is 0 Å². The van der Waals surface area contributed by atoms with Crippen LogP contribution in [0.15, 0.2) is 34.4 Å². The van der Waals surface area contributed by atoms with Crippen molar-refractivity contribution in [2.24, 2.45) is 5.84 Å². The minimum Gasteiger partial charge on any atom is -0.490 e. The van der Waals surface area contributed by atoms with Crippen molar-refractivity contribution in [2.75, 3.05) is 25.7 Å². The average molecular weight is 306 g/mol. The molecule has 0 radical (unpaired) electrons. The van der Waals surface area contributed by atoms with E-state index in [0.29, 0.717) is 29.8 Å². The van der Waals surface area contributed by atoms with E-state index in [1.54, 1.807) is 7.11 Å². The zero-order valence-corrected chi connectivity index (χ0v) is 12.1. The number of rotatable bonds is 4. The van der Waals surface area contributed by atoms with E-state index < -0.39 is 0 Å². The van der Waals surface area contributed by atoms with Gasteiger partial charge in [0.05, 0.1) is 7.11 Å². The number of anilines is 1. The van der Waals surface area contributed by atoms with Gasteiger partial charge in [-0.05, 0) is 18.2 Å². The van der Waals surface area contributed by atoms with Crippen LogP contribution in [0, 0.1) is 0 Å². The van der Waals surface area contributed by atoms with E-state index in [0.717, 1.165) is 16.4 Å². The third-order valence-electron chi connectivity index (χ3n) is 2.84. The summed E-state index contributed by atoms with van der Waals surface area (Å²) in [6.07, 6.45) is 1.43. The quantitative estimate of drug-likeness (QED) is 0.501. The number of aromatic nitrogens is 2. The largest absolute Gasteiger partial charge is 0.490 e. The number of nitrogens with two attached hydrogens (primary N) is 1. The normalized spacial score (nSPS) is 12.9. The molecule has 1 aliphatic rings. The number of hydrogen-bond donors (Lipinski definition) is 2. The molecule has 0 spiro atoms. The molecule has 21 heavy (non-hydrogen) atoms. The molecule has 0 atom stereocenters. The van der Waals surface area contributed by atoms with E-state index in [1.165, 1.54) is 18.1 Å². The molecule has 0 aliphatic carbocycles. The number of ether oxygens (including phenoxy) is 3. The number of hydrazine groups is 1. The van der Waals surface area contributed by atoms with Crippen molar-refractivity contribution in [1.29, 1.82) is 0 Å². The van der Waals surface area contributed by atoms with Gasteiger partial charge in [-0.25, -0.2) is 15.8 Å². The van der Waals surface area contributed by atoms with E-state index in [-0.39, 0.29) is 0 Å². The van der Waals surface area contributed by atoms with Crippen LogP contribution in [0.3, 0.4) is 0 Å². The summed E-state index contributed by atoms with van der Waals surface area (Å²) in [4.78, 5) is 9.19. The Hall–Kier alpha value is -2.19. The van der Waals surface area contributed by atoms with Crippen molar-refractivity contribution in [3.63, 3.8) is 0 Å². The van der Waals surface area contributed by atoms with Gasteiger partial charge >= 0.3 is 0 Å². The number of nitrogen functional groups attached to an aromatic ring is 1. The van der Waals surface area contributed by atoms with Gasteiger partial charge in [-0.1, -0.05) is 11.8 Å². The van der Waals surface area contributed by atoms with E-state index in [9.17, 15) is 0 Å². The van der Waals surface area contributed by atoms with Crippen LogP contribution in [-0.4, -0.2) is 30.3 Å². The maximum atomic E-state index is 5.57. The lowest BCUT2D eigenvalue weighted by Crippen LogP contribution is -2.15. The number of nitrogens with zero attached hydrogens (tertiary/aromatic N) is 2. The molecule has 0 bridgehead atoms. The van der Waals surface area contributed by atoms with Crippen LogP contribution in [0.4, 0.5) is 5.82 Å². The first-order valence-corrected chi connectivity index (χ1v) is 7.06. The third-order valence-corrected chi connectivity index (χ3v) is 3.81. The summed E-state index contributed by atoms with van der Waals surface area (Å²) in [6, 6.07) is 5.73. The molecule has 2 aromatic rings. The summed E-state index contributed by atoms with van der Waals surface area (Å²) in [7, 11) is 1.55. The van der Waals surface area contributed by atoms with Crippen molar-refractivity contribution < 1.29 is 14.2 Å². The van der Waals surface area contributed by atoms with Gasteiger partial charge in [0.1, 0.15) is 24.6 Å². The summed E-state index contributed by atoms with van der Waals surface area (Å²) in [6.45, 7) is 1.13. The second-order valence-corrected chi connectivity index (χ2v) is 5.17. The molecule has 110 valence electrons. The fraction of sp³-hybridized carbons (Fsp3) is 0.231. The number of hydrogen-bond acceptors (Lipinski definition) is 8. The van der Waals surface area contributed by atoms with Gasteiger partial charge in [-0.3, -0.25) is 0 Å². The number of nitrogens with one attached hydrogen (secondary N) is 1. The molecule has 2 heterocycles. The summed E-state index contributed by atoms with van der Waals surface area (Å²) in [5.41, 5.74) is 2.49. The molecule has 1 aromatic carbocycles. The van der Waals surface area contributed by atoms with E-state index in [4.69, 9.17) is 20.1 Å². The second kappa shape index (κ2) is 6.06. The van der Waals surface area contributed by atoms with Gasteiger partial charge in [0.25, 0.3) is 0 Å². The second-order valence-electron chi connectivity index (χ2n) is 4.11. The highest BCUT2D eigenvalue weighted by atomic mass is 32.2. The fourth-order valence-electron chi connectivity index (χ4n) is 1.92. The fourth-order valence-corrected chi connectivity index (χ4v) is 2.81. The predicted molar refractivity (Wildman–Crippen MR) is 77.9 cm³/mol. The Bertz CT molecular complexity index is 653. The minimum atomic E-state index is 0.438. The van der Waals surface area contributed by atoms with Gasteiger partial charge in [-0.15, -0.1) is 0 Å². The maximum Gasteiger partial charge on any atom is 0.195 e. The van der Waals surface area contributed by atoms with Crippen molar-refractivity contribution in [3.05, 3.63) is 24.5 Å². The van der Waals surface area contributed by atoms with Crippen LogP contribution >= 0.6 is 11.8 Å². The SMILES string of the molecule is COc1c(NN)ncnc1Sc1ccc2c(c1)OCCO2. The van der Waals surface area contributed by atoms with Gasteiger partial charge < -0.3 is 19.6 Å². The third kappa shape index (κ3) is 2.81. The Balaban J connectivity index is 1.90. The highest BCUT2D eigenvalue weighted by molar-refractivity contribution is 7.99. The molecule has 1 aliphatic heterocycles. The first-order valence-electron chi connectivity index (χ1n) is 6.25. The van der Waals surface area contributed by atoms with Crippen molar-refractivity contribution in [1.82, 2.24) is 9.97 Å². The molecule has 1 aromatic heterocycles. The number of benzene rings is 1. The van der Waals surface area contributed by atoms with Gasteiger partial charge in [0.15, 0.2) is 23.1 Å². The molecule has 3 rings (SSSR count). The van der Waals surface area contributed by atoms with Crippen molar-refractivity contribution in [3.8, 4) is 17.2 Å². The maximum absolute atomic E-state index is 5.57. The Morgan fingerprint density at radius 1 is 1.24 bits per heavy atom. The lowest BCUT2D eigenvalue weighted by Gasteiger charge is -2.18. The lowest BCUT2D eigenvalue weighted by molar-refractivity contribution is 0.171. The molecule has 0 unspecified atom stereocenters. The molecule has 0 saturated carbocycles. The molecule has 0 fully saturated rings. The van der Waals surface area contributed by atoms with Crippen molar-refractivity contribution in [2.45, 2.75) is 9.92 Å². The number of fused-ring (bicyclic) bond motifs is 1. The molecular weight excluding hydrogens is 292 g/mol. The molecule has 8 heteroatoms. The lowest BCUT2D eigenvalue weighted by atomic mass is 10.3. The molecular formula is C13H14N4O3S. The minimum absolute atomic E-state index is 0.438. The van der Waals surface area contributed by atoms with Crippen molar-refractivity contribution >= 4 is 17.6 Å². The van der Waals surface area contributed by atoms with E-state index >= 15 is 0 Å². The topological polar surface area (TPSA) is 91.5 Å². The van der Waals surface area contributed by atoms with Crippen LogP contribution in [0.5, 0.6) is 17.2 Å². The Morgan fingerprint density at radius 2 is 2.05 bits per heavy atom. The van der Waals surface area contributed by atoms with Gasteiger partial charge in [0, 0.05) is 4.90 Å². The first-order chi connectivity index (χ1) is 10.3. The summed E-state index contributed by atoms with van der Waals surface area (Å²) < 4.78 is 16.4. The Kier molecular flexibility index (Phi) is 3.98. The van der Waals surface area contributed by atoms with Crippen LogP contribution in [-0.2, 0) is 0 Å². The molecule has 3 N–H and O–H groups in total. The smallest absolute Gasteiger partial charge is 0.195 e. The van der Waals surface area contributed by atoms with E-state index in [2.05, 4.69) is 15.4 Å². The van der Waals surface area contributed by atoms with Gasteiger partial charge in [-0.2, -0.15) is 0 Å². The summed E-state index contributed by atoms with van der Waals surface area (Å²) >= 11 is 1.43. The zero-order valence-electron chi connectivity index (χ0n) is 11.3. The van der Waals surface area contributed by atoms with Crippen LogP contribution < -0.4 is 25.5 Å². The van der Waals surface area contributed by atoms with Crippen LogP contribution in [0.1, 0.15) is 0 Å². The summed E-state index contributed by atoms with van der Waals surface area (Å²) in [5.74, 6) is 7.84. The monoisotopic (exact) mass is 306 g/mol. The first kappa shape index (κ1) is 13.8. The summed E-state index contributed by atoms with van der Waals surface area (Å²) in [5, 5.41) is 0.664.